The van der Waals surface area contributed by atoms with Crippen molar-refractivity contribution >= 4 is 119 Å². The molecule has 0 saturated heterocycles. The molecule has 0 spiro atoms. The summed E-state index contributed by atoms with van der Waals surface area (Å²) in [5, 5.41) is 40.1. The molecule has 0 rings (SSSR count). The molecule has 0 fully saturated rings. The van der Waals surface area contributed by atoms with Crippen LogP contribution < -0.4 is 16.8 Å². The SMILES string of the molecule is CC(=O)O.CC(=O)O.CC(=O)O.CC(=O)O.CC(=O)O.NCCNCCN.[Na].[Na].[Na]. The molecule has 0 bridgehead atoms. The topological polar surface area (TPSA) is 251 Å². The van der Waals surface area contributed by atoms with E-state index in [0.717, 1.165) is 47.7 Å². The van der Waals surface area contributed by atoms with Gasteiger partial charge in [0.15, 0.2) is 0 Å². The van der Waals surface area contributed by atoms with E-state index < -0.39 is 29.8 Å². The number of carboxylic acids is 5. The van der Waals surface area contributed by atoms with Crippen molar-refractivity contribution in [3.63, 3.8) is 0 Å². The van der Waals surface area contributed by atoms with Crippen LogP contribution in [-0.4, -0.2) is 170 Å². The first-order valence-electron chi connectivity index (χ1n) is 7.16. The molecule has 0 aliphatic carbocycles. The van der Waals surface area contributed by atoms with Crippen molar-refractivity contribution in [2.75, 3.05) is 26.2 Å². The van der Waals surface area contributed by atoms with Crippen molar-refractivity contribution in [3.8, 4) is 0 Å². The summed E-state index contributed by atoms with van der Waals surface area (Å²) in [5.41, 5.74) is 10.3. The molecule has 0 aliphatic heterocycles. The Morgan fingerprint density at radius 3 is 0.700 bits per heavy atom. The molecule has 0 aliphatic rings. The van der Waals surface area contributed by atoms with E-state index >= 15 is 0 Å². The van der Waals surface area contributed by atoms with Gasteiger partial charge in [-0.2, -0.15) is 0 Å². The van der Waals surface area contributed by atoms with Crippen molar-refractivity contribution in [3.05, 3.63) is 0 Å². The van der Waals surface area contributed by atoms with E-state index in [1.807, 2.05) is 0 Å². The summed E-state index contributed by atoms with van der Waals surface area (Å²) in [6.07, 6.45) is 0. The molecule has 13 nitrogen and oxygen atoms in total. The van der Waals surface area contributed by atoms with E-state index in [-0.39, 0.29) is 88.7 Å². The maximum Gasteiger partial charge on any atom is 0.300 e. The van der Waals surface area contributed by atoms with Crippen LogP contribution >= 0.6 is 0 Å². The number of rotatable bonds is 4. The molecule has 0 aromatic heterocycles. The molecule has 16 heteroatoms. The monoisotopic (exact) mass is 472 g/mol. The third-order valence-corrected chi connectivity index (χ3v) is 0.642. The van der Waals surface area contributed by atoms with Crippen molar-refractivity contribution in [1.29, 1.82) is 0 Å². The van der Waals surface area contributed by atoms with Gasteiger partial charge in [0, 0.05) is 149 Å². The van der Waals surface area contributed by atoms with Crippen molar-refractivity contribution < 1.29 is 49.5 Å². The maximum absolute atomic E-state index is 9.00. The summed E-state index contributed by atoms with van der Waals surface area (Å²) >= 11 is 0. The van der Waals surface area contributed by atoms with Gasteiger partial charge in [0.1, 0.15) is 0 Å². The first-order chi connectivity index (χ1) is 12.1. The summed E-state index contributed by atoms with van der Waals surface area (Å²) in [7, 11) is 0. The predicted octanol–water partition coefficient (Wildman–Crippen LogP) is -2.19. The van der Waals surface area contributed by atoms with Crippen LogP contribution in [0.1, 0.15) is 34.6 Å². The first kappa shape index (κ1) is 57.3. The van der Waals surface area contributed by atoms with Crippen LogP contribution in [0.5, 0.6) is 0 Å². The maximum atomic E-state index is 9.00. The fourth-order valence-electron chi connectivity index (χ4n) is 0.329. The number of nitrogens with one attached hydrogen (secondary N) is 1. The van der Waals surface area contributed by atoms with E-state index in [0.29, 0.717) is 13.1 Å². The Kier molecular flexibility index (Phi) is 109. The molecule has 0 aromatic rings. The van der Waals surface area contributed by atoms with Crippen molar-refractivity contribution in [2.45, 2.75) is 34.6 Å². The average Bonchev–Trinajstić information content (AvgIpc) is 2.35. The second kappa shape index (κ2) is 56.9. The number of hydrogen-bond acceptors (Lipinski definition) is 8. The smallest absolute Gasteiger partial charge is 0.300 e. The number of carboxylic acid groups (broad SMARTS) is 5. The van der Waals surface area contributed by atoms with Crippen molar-refractivity contribution in [1.82, 2.24) is 5.32 Å². The largest absolute Gasteiger partial charge is 0.481 e. The molecule has 3 radical (unpaired) electrons. The van der Waals surface area contributed by atoms with Gasteiger partial charge in [-0.3, -0.25) is 24.0 Å². The number of aliphatic carboxylic acids is 5. The van der Waals surface area contributed by atoms with Crippen LogP contribution in [0, 0.1) is 0 Å². The zero-order chi connectivity index (χ0) is 23.4. The van der Waals surface area contributed by atoms with E-state index in [2.05, 4.69) is 5.32 Å². The Bertz CT molecular complexity index is 297. The summed E-state index contributed by atoms with van der Waals surface area (Å²) in [6, 6.07) is 0. The summed E-state index contributed by atoms with van der Waals surface area (Å²) < 4.78 is 0. The van der Waals surface area contributed by atoms with E-state index in [1.165, 1.54) is 0 Å². The quantitative estimate of drug-likeness (QED) is 0.160. The summed E-state index contributed by atoms with van der Waals surface area (Å²) in [4.78, 5) is 45.0. The summed E-state index contributed by atoms with van der Waals surface area (Å²) in [5.74, 6) is -4.17. The van der Waals surface area contributed by atoms with Gasteiger partial charge in [0.05, 0.1) is 0 Å². The molecule has 0 atom stereocenters. The van der Waals surface area contributed by atoms with Gasteiger partial charge in [-0.05, 0) is 0 Å². The molecule has 10 N–H and O–H groups in total. The Labute approximate surface area is 243 Å². The fourth-order valence-corrected chi connectivity index (χ4v) is 0.329. The van der Waals surface area contributed by atoms with Gasteiger partial charge < -0.3 is 42.3 Å². The zero-order valence-corrected chi connectivity index (χ0v) is 25.3. The van der Waals surface area contributed by atoms with Gasteiger partial charge >= 0.3 is 0 Å². The summed E-state index contributed by atoms with van der Waals surface area (Å²) in [6.45, 7) is 8.55. The number of carbonyl (C=O) groups is 5. The standard InChI is InChI=1S/C4H13N3.5C2H4O2.3Na/c5-1-3-7-4-2-6;5*1-2(3)4;;;/h7H,1-6H2;5*1H3,(H,3,4);;;. The second-order valence-corrected chi connectivity index (χ2v) is 3.92. The van der Waals surface area contributed by atoms with Crippen LogP contribution in [0.3, 0.4) is 0 Å². The third-order valence-electron chi connectivity index (χ3n) is 0.642. The van der Waals surface area contributed by atoms with Crippen LogP contribution in [0.4, 0.5) is 0 Å². The molecule has 30 heavy (non-hydrogen) atoms. The van der Waals surface area contributed by atoms with Gasteiger partial charge in [0.2, 0.25) is 0 Å². The molecule has 0 heterocycles. The first-order valence-corrected chi connectivity index (χ1v) is 7.16. The van der Waals surface area contributed by atoms with Crippen LogP contribution in [-0.2, 0) is 24.0 Å². The van der Waals surface area contributed by atoms with Gasteiger partial charge in [0.25, 0.3) is 29.8 Å². The normalized spacial score (nSPS) is 6.37. The molecule has 0 amide bonds. The van der Waals surface area contributed by atoms with Gasteiger partial charge in [-0.1, -0.05) is 0 Å². The van der Waals surface area contributed by atoms with Crippen molar-refractivity contribution in [2.24, 2.45) is 11.5 Å². The molecular weight excluding hydrogens is 439 g/mol. The average molecular weight is 472 g/mol. The molecular formula is C14H33N3Na3O10. The predicted molar refractivity (Wildman–Crippen MR) is 115 cm³/mol. The minimum Gasteiger partial charge on any atom is -0.481 e. The molecule has 0 saturated carbocycles. The Balaban J connectivity index is -0.0000000251. The van der Waals surface area contributed by atoms with Gasteiger partial charge in [-0.15, -0.1) is 0 Å². The van der Waals surface area contributed by atoms with E-state index in [4.69, 9.17) is 61.0 Å². The fraction of sp³-hybridized carbons (Fsp3) is 0.643. The third kappa shape index (κ3) is 1170. The molecule has 0 unspecified atom stereocenters. The van der Waals surface area contributed by atoms with Gasteiger partial charge in [-0.25, -0.2) is 0 Å². The number of hydrogen-bond donors (Lipinski definition) is 8. The second-order valence-electron chi connectivity index (χ2n) is 3.92. The Hall–Kier alpha value is 0.230. The Morgan fingerprint density at radius 2 is 0.633 bits per heavy atom. The minimum atomic E-state index is -0.833. The molecule has 0 aromatic carbocycles. The zero-order valence-electron chi connectivity index (χ0n) is 19.3. The van der Waals surface area contributed by atoms with E-state index in [1.54, 1.807) is 0 Å². The Morgan fingerprint density at radius 1 is 0.533 bits per heavy atom. The van der Waals surface area contributed by atoms with Crippen LogP contribution in [0.2, 0.25) is 0 Å². The van der Waals surface area contributed by atoms with Crippen LogP contribution in [0.25, 0.3) is 0 Å². The number of nitrogens with two attached hydrogens (primary N) is 2. The van der Waals surface area contributed by atoms with Crippen LogP contribution in [0.15, 0.2) is 0 Å². The molecule has 167 valence electrons. The minimum absolute atomic E-state index is 0. The van der Waals surface area contributed by atoms with E-state index in [9.17, 15) is 0 Å².